The lowest BCUT2D eigenvalue weighted by atomic mass is 10.0. The number of ether oxygens (including phenoxy) is 2. The maximum Gasteiger partial charge on any atom is 0.270 e. The van der Waals surface area contributed by atoms with E-state index in [-0.39, 0.29) is 5.91 Å². The summed E-state index contributed by atoms with van der Waals surface area (Å²) in [6, 6.07) is 14.1. The minimum absolute atomic E-state index is 0.0333. The molecule has 1 aliphatic rings. The highest BCUT2D eigenvalue weighted by atomic mass is 16.5. The van der Waals surface area contributed by atoms with E-state index in [1.165, 1.54) is 10.9 Å². The van der Waals surface area contributed by atoms with Crippen molar-refractivity contribution in [2.24, 2.45) is 7.05 Å². The monoisotopic (exact) mass is 389 g/mol. The summed E-state index contributed by atoms with van der Waals surface area (Å²) >= 11 is 0. The highest BCUT2D eigenvalue weighted by Crippen LogP contribution is 2.34. The molecule has 29 heavy (non-hydrogen) atoms. The summed E-state index contributed by atoms with van der Waals surface area (Å²) in [6.45, 7) is 1.30. The van der Waals surface area contributed by atoms with Gasteiger partial charge in [0.05, 0.1) is 26.3 Å². The molecule has 2 aromatic heterocycles. The minimum atomic E-state index is 0.0333. The van der Waals surface area contributed by atoms with Gasteiger partial charge < -0.3 is 23.9 Å². The van der Waals surface area contributed by atoms with Gasteiger partial charge in [0.15, 0.2) is 11.5 Å². The first kappa shape index (κ1) is 17.7. The molecule has 0 saturated heterocycles. The number of H-pyrrole nitrogens is 1. The molecule has 0 radical (unpaired) electrons. The van der Waals surface area contributed by atoms with Crippen LogP contribution in [0.15, 0.2) is 42.5 Å². The summed E-state index contributed by atoms with van der Waals surface area (Å²) in [5.41, 5.74) is 5.20. The highest BCUT2D eigenvalue weighted by molar-refractivity contribution is 5.99. The first-order chi connectivity index (χ1) is 14.1. The van der Waals surface area contributed by atoms with Crippen LogP contribution in [0.3, 0.4) is 0 Å². The maximum absolute atomic E-state index is 13.4. The molecular weight excluding hydrogens is 366 g/mol. The molecule has 2 aromatic carbocycles. The lowest BCUT2D eigenvalue weighted by Gasteiger charge is -2.27. The van der Waals surface area contributed by atoms with Crippen molar-refractivity contribution in [3.05, 3.63) is 59.4 Å². The Morgan fingerprint density at radius 3 is 2.62 bits per heavy atom. The van der Waals surface area contributed by atoms with Crippen molar-refractivity contribution in [3.63, 3.8) is 0 Å². The molecule has 1 amide bonds. The second-order valence-corrected chi connectivity index (χ2v) is 7.46. The number of hydrogen-bond acceptors (Lipinski definition) is 3. The van der Waals surface area contributed by atoms with Gasteiger partial charge >= 0.3 is 0 Å². The SMILES string of the molecule is COc1cc2cc(C(=O)N3CCc4c([nH]c5ccccc45)C3)n(C)c2cc1OC. The van der Waals surface area contributed by atoms with Crippen molar-refractivity contribution in [1.29, 1.82) is 0 Å². The van der Waals surface area contributed by atoms with E-state index < -0.39 is 0 Å². The average Bonchev–Trinajstić information content (AvgIpc) is 3.29. The Morgan fingerprint density at radius 1 is 1.07 bits per heavy atom. The van der Waals surface area contributed by atoms with Crippen molar-refractivity contribution < 1.29 is 14.3 Å². The summed E-state index contributed by atoms with van der Waals surface area (Å²) in [7, 11) is 5.15. The van der Waals surface area contributed by atoms with Crippen LogP contribution in [-0.2, 0) is 20.0 Å². The van der Waals surface area contributed by atoms with Crippen molar-refractivity contribution in [1.82, 2.24) is 14.5 Å². The predicted molar refractivity (Wildman–Crippen MR) is 113 cm³/mol. The topological polar surface area (TPSA) is 59.5 Å². The fourth-order valence-corrected chi connectivity index (χ4v) is 4.40. The normalized spacial score (nSPS) is 13.7. The Balaban J connectivity index is 1.50. The standard InChI is InChI=1S/C23H23N3O3/c1-25-19-12-22(29-3)21(28-2)11-14(19)10-20(25)23(27)26-9-8-16-15-6-4-5-7-17(15)24-18(16)13-26/h4-7,10-12,24H,8-9,13H2,1-3H3. The number of hydrogen-bond donors (Lipinski definition) is 1. The molecule has 6 nitrogen and oxygen atoms in total. The van der Waals surface area contributed by atoms with Crippen molar-refractivity contribution >= 4 is 27.7 Å². The quantitative estimate of drug-likeness (QED) is 0.579. The van der Waals surface area contributed by atoms with Gasteiger partial charge in [0, 0.05) is 41.6 Å². The Bertz CT molecular complexity index is 1250. The second-order valence-electron chi connectivity index (χ2n) is 7.46. The number of methoxy groups -OCH3 is 2. The first-order valence-corrected chi connectivity index (χ1v) is 9.70. The number of nitrogens with one attached hydrogen (secondary N) is 1. The second kappa shape index (κ2) is 6.58. The minimum Gasteiger partial charge on any atom is -0.493 e. The summed E-state index contributed by atoms with van der Waals surface area (Å²) in [5.74, 6) is 1.34. The van der Waals surface area contributed by atoms with Crippen LogP contribution in [0.25, 0.3) is 21.8 Å². The summed E-state index contributed by atoms with van der Waals surface area (Å²) < 4.78 is 12.8. The summed E-state index contributed by atoms with van der Waals surface area (Å²) in [4.78, 5) is 18.8. The van der Waals surface area contributed by atoms with Gasteiger partial charge in [0.25, 0.3) is 5.91 Å². The van der Waals surface area contributed by atoms with E-state index in [0.29, 0.717) is 30.3 Å². The van der Waals surface area contributed by atoms with Crippen LogP contribution in [0.5, 0.6) is 11.5 Å². The number of fused-ring (bicyclic) bond motifs is 4. The van der Waals surface area contributed by atoms with E-state index in [1.54, 1.807) is 14.2 Å². The maximum atomic E-state index is 13.4. The molecule has 0 fully saturated rings. The zero-order valence-corrected chi connectivity index (χ0v) is 16.8. The van der Waals surface area contributed by atoms with Crippen molar-refractivity contribution in [3.8, 4) is 11.5 Å². The third-order valence-electron chi connectivity index (χ3n) is 5.94. The molecule has 0 unspecified atom stereocenters. The van der Waals surface area contributed by atoms with E-state index >= 15 is 0 Å². The molecule has 0 saturated carbocycles. The van der Waals surface area contributed by atoms with Crippen molar-refractivity contribution in [2.75, 3.05) is 20.8 Å². The van der Waals surface area contributed by atoms with Crippen molar-refractivity contribution in [2.45, 2.75) is 13.0 Å². The molecule has 0 aliphatic carbocycles. The highest BCUT2D eigenvalue weighted by Gasteiger charge is 2.27. The van der Waals surface area contributed by atoms with Gasteiger partial charge in [-0.05, 0) is 30.2 Å². The number of rotatable bonds is 3. The van der Waals surface area contributed by atoms with Crippen LogP contribution in [0.4, 0.5) is 0 Å². The summed E-state index contributed by atoms with van der Waals surface area (Å²) in [5, 5.41) is 2.22. The van der Waals surface area contributed by atoms with Crippen LogP contribution in [0.2, 0.25) is 0 Å². The zero-order valence-electron chi connectivity index (χ0n) is 16.8. The number of para-hydroxylation sites is 1. The Hall–Kier alpha value is -3.41. The number of aromatic amines is 1. The molecule has 3 heterocycles. The number of benzene rings is 2. The molecule has 4 aromatic rings. The average molecular weight is 389 g/mol. The van der Waals surface area contributed by atoms with E-state index in [1.807, 2.05) is 40.8 Å². The lowest BCUT2D eigenvalue weighted by molar-refractivity contribution is 0.0724. The van der Waals surface area contributed by atoms with Gasteiger partial charge in [0.1, 0.15) is 5.69 Å². The van der Waals surface area contributed by atoms with E-state index in [4.69, 9.17) is 9.47 Å². The van der Waals surface area contributed by atoms with Gasteiger partial charge in [-0.25, -0.2) is 0 Å². The van der Waals surface area contributed by atoms with Crippen LogP contribution in [-0.4, -0.2) is 41.1 Å². The number of aryl methyl sites for hydroxylation is 1. The lowest BCUT2D eigenvalue weighted by Crippen LogP contribution is -2.36. The van der Waals surface area contributed by atoms with E-state index in [2.05, 4.69) is 23.2 Å². The van der Waals surface area contributed by atoms with Crippen LogP contribution < -0.4 is 9.47 Å². The number of amides is 1. The molecule has 0 bridgehead atoms. The third-order valence-corrected chi connectivity index (χ3v) is 5.94. The fourth-order valence-electron chi connectivity index (χ4n) is 4.40. The number of aromatic nitrogens is 2. The summed E-state index contributed by atoms with van der Waals surface area (Å²) in [6.07, 6.45) is 0.858. The van der Waals surface area contributed by atoms with E-state index in [0.717, 1.165) is 28.5 Å². The molecule has 148 valence electrons. The number of carbonyl (C=O) groups excluding carboxylic acids is 1. The van der Waals surface area contributed by atoms with Gasteiger partial charge in [-0.3, -0.25) is 4.79 Å². The van der Waals surface area contributed by atoms with Crippen LogP contribution >= 0.6 is 0 Å². The molecule has 6 heteroatoms. The van der Waals surface area contributed by atoms with Gasteiger partial charge in [-0.2, -0.15) is 0 Å². The number of nitrogens with zero attached hydrogens (tertiary/aromatic N) is 2. The Labute approximate surface area is 168 Å². The molecule has 5 rings (SSSR count). The van der Waals surface area contributed by atoms with Gasteiger partial charge in [0.2, 0.25) is 0 Å². The molecule has 1 N–H and O–H groups in total. The molecular formula is C23H23N3O3. The molecule has 0 spiro atoms. The molecule has 1 aliphatic heterocycles. The third kappa shape index (κ3) is 2.67. The Kier molecular flexibility index (Phi) is 4.01. The number of carbonyl (C=O) groups is 1. The predicted octanol–water partition coefficient (Wildman–Crippen LogP) is 3.88. The Morgan fingerprint density at radius 2 is 1.83 bits per heavy atom. The van der Waals surface area contributed by atoms with E-state index in [9.17, 15) is 4.79 Å². The zero-order chi connectivity index (χ0) is 20.1. The van der Waals surface area contributed by atoms with Crippen LogP contribution in [0, 0.1) is 0 Å². The molecule has 0 atom stereocenters. The van der Waals surface area contributed by atoms with Gasteiger partial charge in [-0.1, -0.05) is 18.2 Å². The van der Waals surface area contributed by atoms with Gasteiger partial charge in [-0.15, -0.1) is 0 Å². The van der Waals surface area contributed by atoms with Crippen LogP contribution in [0.1, 0.15) is 21.7 Å². The smallest absolute Gasteiger partial charge is 0.270 e. The first-order valence-electron chi connectivity index (χ1n) is 9.70. The largest absolute Gasteiger partial charge is 0.493 e. The fraction of sp³-hybridized carbons (Fsp3) is 0.261.